The van der Waals surface area contributed by atoms with Crippen LogP contribution in [0.2, 0.25) is 0 Å². The van der Waals surface area contributed by atoms with Gasteiger partial charge in [0.1, 0.15) is 11.7 Å². The summed E-state index contributed by atoms with van der Waals surface area (Å²) in [6.07, 6.45) is -0.958. The van der Waals surface area contributed by atoms with Crippen LogP contribution in [0.3, 0.4) is 0 Å². The van der Waals surface area contributed by atoms with Gasteiger partial charge in [-0.2, -0.15) is 0 Å². The number of rotatable bonds is 3. The standard InChI is InChI=1S/C19H24N2O4/c1-12-4-5-16-15(10-17(23)25-18(16)13(12)2)11-20-6-8-21(9-7-20)19(24)14(3)22/h4-5,10,14,22H,6-9,11H2,1-3H3. The minimum absolute atomic E-state index is 0.225. The fourth-order valence-corrected chi connectivity index (χ4v) is 3.29. The van der Waals surface area contributed by atoms with Crippen molar-refractivity contribution < 1.29 is 14.3 Å². The molecule has 2 aromatic rings. The molecule has 0 saturated carbocycles. The zero-order chi connectivity index (χ0) is 18.1. The summed E-state index contributed by atoms with van der Waals surface area (Å²) in [5.41, 5.74) is 3.36. The van der Waals surface area contributed by atoms with E-state index in [9.17, 15) is 14.7 Å². The number of nitrogens with zero attached hydrogens (tertiary/aromatic N) is 2. The van der Waals surface area contributed by atoms with Crippen molar-refractivity contribution in [1.82, 2.24) is 9.80 Å². The largest absolute Gasteiger partial charge is 0.422 e. The highest BCUT2D eigenvalue weighted by atomic mass is 16.4. The molecule has 1 aromatic carbocycles. The van der Waals surface area contributed by atoms with Gasteiger partial charge in [0.05, 0.1) is 0 Å². The lowest BCUT2D eigenvalue weighted by molar-refractivity contribution is -0.141. The summed E-state index contributed by atoms with van der Waals surface area (Å²) in [6.45, 7) is 8.69. The van der Waals surface area contributed by atoms with Gasteiger partial charge in [0, 0.05) is 44.2 Å². The topological polar surface area (TPSA) is 74.0 Å². The van der Waals surface area contributed by atoms with Crippen LogP contribution in [-0.2, 0) is 11.3 Å². The zero-order valence-electron chi connectivity index (χ0n) is 14.9. The van der Waals surface area contributed by atoms with Gasteiger partial charge >= 0.3 is 5.63 Å². The van der Waals surface area contributed by atoms with Crippen LogP contribution in [-0.4, -0.2) is 53.1 Å². The van der Waals surface area contributed by atoms with Crippen molar-refractivity contribution >= 4 is 16.9 Å². The molecular formula is C19H24N2O4. The summed E-state index contributed by atoms with van der Waals surface area (Å²) in [7, 11) is 0. The molecule has 1 N–H and O–H groups in total. The van der Waals surface area contributed by atoms with Gasteiger partial charge in [0.2, 0.25) is 0 Å². The van der Waals surface area contributed by atoms with Crippen LogP contribution >= 0.6 is 0 Å². The van der Waals surface area contributed by atoms with E-state index >= 15 is 0 Å². The minimum atomic E-state index is -0.958. The van der Waals surface area contributed by atoms with Gasteiger partial charge in [-0.3, -0.25) is 9.69 Å². The molecule has 1 aliphatic rings. The van der Waals surface area contributed by atoms with E-state index in [0.717, 1.165) is 22.1 Å². The summed E-state index contributed by atoms with van der Waals surface area (Å²) < 4.78 is 5.42. The molecular weight excluding hydrogens is 320 g/mol. The first-order chi connectivity index (χ1) is 11.9. The SMILES string of the molecule is Cc1ccc2c(CN3CCN(C(=O)C(C)O)CC3)cc(=O)oc2c1C. The summed E-state index contributed by atoms with van der Waals surface area (Å²) >= 11 is 0. The number of hydrogen-bond acceptors (Lipinski definition) is 5. The fourth-order valence-electron chi connectivity index (χ4n) is 3.29. The number of aliphatic hydroxyl groups excluding tert-OH is 1. The molecule has 1 fully saturated rings. The molecule has 0 aliphatic carbocycles. The maximum atomic E-state index is 12.0. The Balaban J connectivity index is 1.80. The average molecular weight is 344 g/mol. The van der Waals surface area contributed by atoms with Gasteiger partial charge in [-0.1, -0.05) is 12.1 Å². The Morgan fingerprint density at radius 3 is 2.56 bits per heavy atom. The smallest absolute Gasteiger partial charge is 0.336 e. The quantitative estimate of drug-likeness (QED) is 0.853. The predicted molar refractivity (Wildman–Crippen MR) is 95.5 cm³/mol. The third-order valence-corrected chi connectivity index (χ3v) is 4.95. The van der Waals surface area contributed by atoms with E-state index < -0.39 is 6.10 Å². The van der Waals surface area contributed by atoms with Crippen LogP contribution in [0, 0.1) is 13.8 Å². The molecule has 2 heterocycles. The van der Waals surface area contributed by atoms with E-state index in [4.69, 9.17) is 4.42 Å². The van der Waals surface area contributed by atoms with Crippen LogP contribution in [0.25, 0.3) is 11.0 Å². The first-order valence-corrected chi connectivity index (χ1v) is 8.59. The maximum absolute atomic E-state index is 12.0. The second kappa shape index (κ2) is 6.98. The van der Waals surface area contributed by atoms with E-state index in [1.54, 1.807) is 11.0 Å². The number of piperazine rings is 1. The lowest BCUT2D eigenvalue weighted by atomic mass is 10.0. The van der Waals surface area contributed by atoms with E-state index in [-0.39, 0.29) is 11.5 Å². The highest BCUT2D eigenvalue weighted by molar-refractivity contribution is 5.84. The summed E-state index contributed by atoms with van der Waals surface area (Å²) in [5, 5.41) is 10.4. The fraction of sp³-hybridized carbons (Fsp3) is 0.474. The first kappa shape index (κ1) is 17.6. The molecule has 25 heavy (non-hydrogen) atoms. The molecule has 6 heteroatoms. The van der Waals surface area contributed by atoms with Crippen molar-refractivity contribution in [2.45, 2.75) is 33.4 Å². The average Bonchev–Trinajstić information content (AvgIpc) is 2.58. The number of amides is 1. The zero-order valence-corrected chi connectivity index (χ0v) is 14.9. The van der Waals surface area contributed by atoms with Crippen molar-refractivity contribution in [2.75, 3.05) is 26.2 Å². The molecule has 1 amide bonds. The Morgan fingerprint density at radius 1 is 1.24 bits per heavy atom. The van der Waals surface area contributed by atoms with Crippen molar-refractivity contribution in [3.05, 3.63) is 45.3 Å². The summed E-state index contributed by atoms with van der Waals surface area (Å²) in [5.74, 6) is -0.225. The molecule has 0 bridgehead atoms. The van der Waals surface area contributed by atoms with Gasteiger partial charge < -0.3 is 14.4 Å². The van der Waals surface area contributed by atoms with Crippen molar-refractivity contribution in [1.29, 1.82) is 0 Å². The molecule has 1 aromatic heterocycles. The second-order valence-electron chi connectivity index (χ2n) is 6.75. The number of hydrogen-bond donors (Lipinski definition) is 1. The Morgan fingerprint density at radius 2 is 1.92 bits per heavy atom. The molecule has 0 spiro atoms. The van der Waals surface area contributed by atoms with Crippen LogP contribution in [0.4, 0.5) is 0 Å². The number of benzene rings is 1. The van der Waals surface area contributed by atoms with Gasteiger partial charge in [-0.15, -0.1) is 0 Å². The molecule has 1 atom stereocenters. The minimum Gasteiger partial charge on any atom is -0.422 e. The Kier molecular flexibility index (Phi) is 4.92. The van der Waals surface area contributed by atoms with Crippen LogP contribution in [0.5, 0.6) is 0 Å². The van der Waals surface area contributed by atoms with Gasteiger partial charge in [-0.05, 0) is 37.5 Å². The summed E-state index contributed by atoms with van der Waals surface area (Å²) in [6, 6.07) is 5.61. The number of aliphatic hydroxyl groups is 1. The predicted octanol–water partition coefficient (Wildman–Crippen LogP) is 1.43. The van der Waals surface area contributed by atoms with E-state index in [1.165, 1.54) is 6.92 Å². The molecule has 6 nitrogen and oxygen atoms in total. The third kappa shape index (κ3) is 3.60. The Hall–Kier alpha value is -2.18. The number of aryl methyl sites for hydroxylation is 2. The first-order valence-electron chi connectivity index (χ1n) is 8.59. The Bertz CT molecular complexity index is 848. The molecule has 3 rings (SSSR count). The van der Waals surface area contributed by atoms with Gasteiger partial charge in [-0.25, -0.2) is 4.79 Å². The number of carbonyl (C=O) groups excluding carboxylic acids is 1. The number of fused-ring (bicyclic) bond motifs is 1. The van der Waals surface area contributed by atoms with Crippen molar-refractivity contribution in [2.24, 2.45) is 0 Å². The molecule has 1 unspecified atom stereocenters. The second-order valence-corrected chi connectivity index (χ2v) is 6.75. The van der Waals surface area contributed by atoms with Crippen molar-refractivity contribution in [3.8, 4) is 0 Å². The summed E-state index contributed by atoms with van der Waals surface area (Å²) in [4.78, 5) is 27.7. The molecule has 0 radical (unpaired) electrons. The van der Waals surface area contributed by atoms with Crippen molar-refractivity contribution in [3.63, 3.8) is 0 Å². The van der Waals surface area contributed by atoms with Crippen LogP contribution in [0.15, 0.2) is 27.4 Å². The Labute approximate surface area is 146 Å². The number of carbonyl (C=O) groups is 1. The lowest BCUT2D eigenvalue weighted by Crippen LogP contribution is -2.50. The highest BCUT2D eigenvalue weighted by Gasteiger charge is 2.24. The normalized spacial score (nSPS) is 17.0. The highest BCUT2D eigenvalue weighted by Crippen LogP contribution is 2.24. The van der Waals surface area contributed by atoms with Crippen LogP contribution < -0.4 is 5.63 Å². The molecule has 1 saturated heterocycles. The van der Waals surface area contributed by atoms with Gasteiger partial charge in [0.25, 0.3) is 5.91 Å². The third-order valence-electron chi connectivity index (χ3n) is 4.95. The van der Waals surface area contributed by atoms with Crippen LogP contribution in [0.1, 0.15) is 23.6 Å². The molecule has 1 aliphatic heterocycles. The lowest BCUT2D eigenvalue weighted by Gasteiger charge is -2.35. The maximum Gasteiger partial charge on any atom is 0.336 e. The van der Waals surface area contributed by atoms with E-state index in [0.29, 0.717) is 38.3 Å². The van der Waals surface area contributed by atoms with Gasteiger partial charge in [0.15, 0.2) is 0 Å². The molecule has 134 valence electrons. The monoisotopic (exact) mass is 344 g/mol. The van der Waals surface area contributed by atoms with E-state index in [1.807, 2.05) is 26.0 Å². The van der Waals surface area contributed by atoms with E-state index in [2.05, 4.69) is 4.90 Å².